The largest absolute Gasteiger partial charge is 0.337 e. The smallest absolute Gasteiger partial charge is 0.196 e. The van der Waals surface area contributed by atoms with E-state index < -0.39 is 17.5 Å². The van der Waals surface area contributed by atoms with Crippen molar-refractivity contribution in [1.29, 1.82) is 0 Å². The first-order valence-corrected chi connectivity index (χ1v) is 7.62. The van der Waals surface area contributed by atoms with E-state index in [1.54, 1.807) is 11.3 Å². The number of nitrogens with zero attached hydrogens (tertiary/aromatic N) is 2. The summed E-state index contributed by atoms with van der Waals surface area (Å²) in [7, 11) is 0. The first-order chi connectivity index (χ1) is 10.6. The van der Waals surface area contributed by atoms with Crippen LogP contribution in [0.15, 0.2) is 18.5 Å². The van der Waals surface area contributed by atoms with Crippen molar-refractivity contribution < 1.29 is 13.2 Å². The minimum Gasteiger partial charge on any atom is -0.337 e. The van der Waals surface area contributed by atoms with E-state index in [1.165, 1.54) is 16.8 Å². The molecule has 1 aromatic carbocycles. The van der Waals surface area contributed by atoms with Gasteiger partial charge in [0.25, 0.3) is 0 Å². The minimum absolute atomic E-state index is 0.142. The summed E-state index contributed by atoms with van der Waals surface area (Å²) in [5.74, 6) is -3.54. The molecule has 0 atom stereocenters. The third kappa shape index (κ3) is 1.96. The molecule has 3 nitrogen and oxygen atoms in total. The van der Waals surface area contributed by atoms with Crippen molar-refractivity contribution in [1.82, 2.24) is 9.97 Å². The number of anilines is 2. The highest BCUT2D eigenvalue weighted by Gasteiger charge is 2.22. The molecular formula is C15H10F3N3S. The van der Waals surface area contributed by atoms with Crippen molar-refractivity contribution >= 4 is 33.1 Å². The molecule has 7 heteroatoms. The molecule has 112 valence electrons. The van der Waals surface area contributed by atoms with Crippen LogP contribution in [0.4, 0.5) is 24.7 Å². The Hall–Kier alpha value is -2.15. The SMILES string of the molecule is Fc1ccc(Nc2ncnc3sc4c(c23)CCC4)c(F)c1F. The number of aromatic nitrogens is 2. The summed E-state index contributed by atoms with van der Waals surface area (Å²) >= 11 is 1.60. The second-order valence-corrected chi connectivity index (χ2v) is 6.19. The van der Waals surface area contributed by atoms with Crippen LogP contribution in [-0.4, -0.2) is 9.97 Å². The van der Waals surface area contributed by atoms with Gasteiger partial charge in [0.15, 0.2) is 17.5 Å². The zero-order valence-electron chi connectivity index (χ0n) is 11.3. The first kappa shape index (κ1) is 13.5. The molecule has 0 aliphatic heterocycles. The fourth-order valence-electron chi connectivity index (χ4n) is 2.77. The van der Waals surface area contributed by atoms with Gasteiger partial charge in [-0.1, -0.05) is 0 Å². The fraction of sp³-hybridized carbons (Fsp3) is 0.200. The molecule has 1 N–H and O–H groups in total. The Morgan fingerprint density at radius 1 is 1.05 bits per heavy atom. The van der Waals surface area contributed by atoms with Crippen LogP contribution < -0.4 is 5.32 Å². The summed E-state index contributed by atoms with van der Waals surface area (Å²) in [6.45, 7) is 0. The van der Waals surface area contributed by atoms with Crippen LogP contribution in [0.3, 0.4) is 0 Å². The Morgan fingerprint density at radius 3 is 2.77 bits per heavy atom. The van der Waals surface area contributed by atoms with Gasteiger partial charge in [0, 0.05) is 4.88 Å². The van der Waals surface area contributed by atoms with E-state index in [1.807, 2.05) is 0 Å². The summed E-state index contributed by atoms with van der Waals surface area (Å²) in [4.78, 5) is 10.5. The van der Waals surface area contributed by atoms with Crippen LogP contribution in [0.1, 0.15) is 16.9 Å². The molecule has 4 rings (SSSR count). The van der Waals surface area contributed by atoms with Gasteiger partial charge in [0.1, 0.15) is 17.0 Å². The molecule has 2 aromatic heterocycles. The Labute approximate surface area is 127 Å². The Kier molecular flexibility index (Phi) is 3.04. The van der Waals surface area contributed by atoms with Gasteiger partial charge in [-0.05, 0) is 37.0 Å². The van der Waals surface area contributed by atoms with Crippen LogP contribution in [0.5, 0.6) is 0 Å². The first-order valence-electron chi connectivity index (χ1n) is 6.81. The van der Waals surface area contributed by atoms with Gasteiger partial charge in [-0.25, -0.2) is 23.1 Å². The van der Waals surface area contributed by atoms with Crippen LogP contribution >= 0.6 is 11.3 Å². The highest BCUT2D eigenvalue weighted by molar-refractivity contribution is 7.19. The number of fused-ring (bicyclic) bond motifs is 3. The van der Waals surface area contributed by atoms with Crippen molar-refractivity contribution in [3.05, 3.63) is 46.4 Å². The number of hydrogen-bond donors (Lipinski definition) is 1. The summed E-state index contributed by atoms with van der Waals surface area (Å²) in [5, 5.41) is 3.62. The molecule has 22 heavy (non-hydrogen) atoms. The fourth-order valence-corrected chi connectivity index (χ4v) is 4.00. The molecule has 0 radical (unpaired) electrons. The number of halogens is 3. The maximum atomic E-state index is 13.8. The monoisotopic (exact) mass is 321 g/mol. The lowest BCUT2D eigenvalue weighted by atomic mass is 10.2. The van der Waals surface area contributed by atoms with E-state index in [9.17, 15) is 13.2 Å². The van der Waals surface area contributed by atoms with Crippen molar-refractivity contribution in [2.45, 2.75) is 19.3 Å². The maximum absolute atomic E-state index is 13.8. The van der Waals surface area contributed by atoms with Gasteiger partial charge in [-0.15, -0.1) is 11.3 Å². The molecule has 0 unspecified atom stereocenters. The number of aryl methyl sites for hydroxylation is 2. The van der Waals surface area contributed by atoms with Crippen molar-refractivity contribution in [2.75, 3.05) is 5.32 Å². The standard InChI is InChI=1S/C15H10F3N3S/c16-8-4-5-9(13(18)12(8)17)21-14-11-7-2-1-3-10(7)22-15(11)20-6-19-14/h4-6H,1-3H2,(H,19,20,21). The molecule has 0 saturated heterocycles. The lowest BCUT2D eigenvalue weighted by Crippen LogP contribution is -2.01. The number of benzene rings is 1. The second kappa shape index (κ2) is 4.95. The molecule has 0 fully saturated rings. The molecule has 3 aromatic rings. The third-order valence-corrected chi connectivity index (χ3v) is 4.99. The summed E-state index contributed by atoms with van der Waals surface area (Å²) in [6, 6.07) is 2.05. The molecule has 0 saturated carbocycles. The third-order valence-electron chi connectivity index (χ3n) is 3.79. The number of thiophene rings is 1. The van der Waals surface area contributed by atoms with E-state index in [0.29, 0.717) is 5.82 Å². The predicted octanol–water partition coefficient (Wildman–Crippen LogP) is 4.34. The van der Waals surface area contributed by atoms with Crippen LogP contribution in [0.25, 0.3) is 10.2 Å². The maximum Gasteiger partial charge on any atom is 0.196 e. The summed E-state index contributed by atoms with van der Waals surface area (Å²) < 4.78 is 40.2. The van der Waals surface area contributed by atoms with Crippen molar-refractivity contribution in [3.8, 4) is 0 Å². The molecule has 2 heterocycles. The second-order valence-electron chi connectivity index (χ2n) is 5.11. The topological polar surface area (TPSA) is 37.8 Å². The molecule has 1 aliphatic rings. The average molecular weight is 321 g/mol. The molecule has 0 amide bonds. The molecule has 1 aliphatic carbocycles. The quantitative estimate of drug-likeness (QED) is 0.714. The van der Waals surface area contributed by atoms with Gasteiger partial charge in [-0.3, -0.25) is 0 Å². The van der Waals surface area contributed by atoms with Crippen LogP contribution in [-0.2, 0) is 12.8 Å². The average Bonchev–Trinajstić information content (AvgIpc) is 3.08. The van der Waals surface area contributed by atoms with Gasteiger partial charge in [-0.2, -0.15) is 0 Å². The van der Waals surface area contributed by atoms with E-state index >= 15 is 0 Å². The zero-order valence-corrected chi connectivity index (χ0v) is 12.1. The minimum atomic E-state index is -1.49. The van der Waals surface area contributed by atoms with E-state index in [0.717, 1.165) is 41.6 Å². The van der Waals surface area contributed by atoms with Gasteiger partial charge < -0.3 is 5.32 Å². The van der Waals surface area contributed by atoms with Crippen LogP contribution in [0, 0.1) is 17.5 Å². The molecule has 0 spiro atoms. The lowest BCUT2D eigenvalue weighted by molar-refractivity contribution is 0.449. The van der Waals surface area contributed by atoms with Gasteiger partial charge in [0.05, 0.1) is 11.1 Å². The number of nitrogens with one attached hydrogen (secondary N) is 1. The van der Waals surface area contributed by atoms with Crippen molar-refractivity contribution in [2.24, 2.45) is 0 Å². The molecular weight excluding hydrogens is 311 g/mol. The Morgan fingerprint density at radius 2 is 1.91 bits per heavy atom. The summed E-state index contributed by atoms with van der Waals surface area (Å²) in [5.41, 5.74) is 1.03. The number of hydrogen-bond acceptors (Lipinski definition) is 4. The van der Waals surface area contributed by atoms with E-state index in [-0.39, 0.29) is 5.69 Å². The Balaban J connectivity index is 1.84. The highest BCUT2D eigenvalue weighted by atomic mass is 32.1. The van der Waals surface area contributed by atoms with E-state index in [4.69, 9.17) is 0 Å². The van der Waals surface area contributed by atoms with Gasteiger partial charge in [0.2, 0.25) is 0 Å². The summed E-state index contributed by atoms with van der Waals surface area (Å²) in [6.07, 6.45) is 4.39. The zero-order chi connectivity index (χ0) is 15.3. The lowest BCUT2D eigenvalue weighted by Gasteiger charge is -2.09. The highest BCUT2D eigenvalue weighted by Crippen LogP contribution is 2.40. The van der Waals surface area contributed by atoms with E-state index in [2.05, 4.69) is 15.3 Å². The number of rotatable bonds is 2. The Bertz CT molecular complexity index is 891. The predicted molar refractivity (Wildman–Crippen MR) is 79.0 cm³/mol. The molecule has 0 bridgehead atoms. The van der Waals surface area contributed by atoms with Gasteiger partial charge >= 0.3 is 0 Å². The normalized spacial score (nSPS) is 13.6. The van der Waals surface area contributed by atoms with Crippen molar-refractivity contribution in [3.63, 3.8) is 0 Å². The van der Waals surface area contributed by atoms with Crippen LogP contribution in [0.2, 0.25) is 0 Å².